The van der Waals surface area contributed by atoms with E-state index in [4.69, 9.17) is 11.6 Å². The summed E-state index contributed by atoms with van der Waals surface area (Å²) in [6.07, 6.45) is 2.95. The third-order valence-electron chi connectivity index (χ3n) is 1.36. The molecule has 1 unspecified atom stereocenters. The molecule has 0 aromatic heterocycles. The Morgan fingerprint density at radius 2 is 2.56 bits per heavy atom. The highest BCUT2D eigenvalue weighted by Crippen LogP contribution is 2.13. The van der Waals surface area contributed by atoms with Crippen molar-refractivity contribution in [3.05, 3.63) is 11.6 Å². The van der Waals surface area contributed by atoms with Crippen LogP contribution < -0.4 is 0 Å². The molecule has 1 heterocycles. The molecule has 0 N–H and O–H groups in total. The molecule has 1 atom stereocenters. The molecule has 1 aliphatic heterocycles. The van der Waals surface area contributed by atoms with Gasteiger partial charge in [-0.3, -0.25) is 4.21 Å². The Bertz CT molecular complexity index is 153. The Hall–Kier alpha value is 0.180. The molecular formula is C6H9ClOS. The van der Waals surface area contributed by atoms with Gasteiger partial charge in [0.25, 0.3) is 0 Å². The van der Waals surface area contributed by atoms with Crippen molar-refractivity contribution < 1.29 is 4.21 Å². The van der Waals surface area contributed by atoms with Gasteiger partial charge in [0.1, 0.15) is 0 Å². The smallest absolute Gasteiger partial charge is 0.0445 e. The van der Waals surface area contributed by atoms with E-state index >= 15 is 0 Å². The lowest BCUT2D eigenvalue weighted by Gasteiger charge is -1.87. The fourth-order valence-electron chi connectivity index (χ4n) is 0.866. The largest absolute Gasteiger partial charge is 0.259 e. The lowest BCUT2D eigenvalue weighted by molar-refractivity contribution is 0.687. The van der Waals surface area contributed by atoms with E-state index in [1.165, 1.54) is 5.57 Å². The first kappa shape index (κ1) is 7.29. The Labute approximate surface area is 62.5 Å². The Kier molecular flexibility index (Phi) is 2.73. The average molecular weight is 165 g/mol. The molecule has 9 heavy (non-hydrogen) atoms. The van der Waals surface area contributed by atoms with Gasteiger partial charge in [-0.15, -0.1) is 11.6 Å². The maximum absolute atomic E-state index is 10.8. The van der Waals surface area contributed by atoms with E-state index in [0.717, 1.165) is 17.9 Å². The van der Waals surface area contributed by atoms with E-state index in [0.29, 0.717) is 5.88 Å². The van der Waals surface area contributed by atoms with Crippen molar-refractivity contribution in [1.29, 1.82) is 0 Å². The van der Waals surface area contributed by atoms with Gasteiger partial charge < -0.3 is 0 Å². The molecule has 0 aromatic carbocycles. The number of hydrogen-bond acceptors (Lipinski definition) is 1. The van der Waals surface area contributed by atoms with Gasteiger partial charge in [-0.1, -0.05) is 11.6 Å². The van der Waals surface area contributed by atoms with E-state index in [1.54, 1.807) is 0 Å². The summed E-state index contributed by atoms with van der Waals surface area (Å²) in [7, 11) is -0.581. The van der Waals surface area contributed by atoms with Crippen molar-refractivity contribution in [3.63, 3.8) is 0 Å². The van der Waals surface area contributed by atoms with E-state index in [9.17, 15) is 4.21 Å². The van der Waals surface area contributed by atoms with Crippen LogP contribution in [0.5, 0.6) is 0 Å². The summed E-state index contributed by atoms with van der Waals surface area (Å²) >= 11 is 5.45. The summed E-state index contributed by atoms with van der Waals surface area (Å²) in [6.45, 7) is 0. The van der Waals surface area contributed by atoms with Crippen LogP contribution in [-0.2, 0) is 10.8 Å². The first-order valence-corrected chi connectivity index (χ1v) is 4.94. The lowest BCUT2D eigenvalue weighted by atomic mass is 10.2. The quantitative estimate of drug-likeness (QED) is 0.422. The number of rotatable bonds is 1. The maximum atomic E-state index is 10.8. The third-order valence-corrected chi connectivity index (χ3v) is 2.87. The van der Waals surface area contributed by atoms with Crippen molar-refractivity contribution in [2.24, 2.45) is 0 Å². The highest BCUT2D eigenvalue weighted by atomic mass is 35.5. The molecule has 1 saturated heterocycles. The molecule has 3 heteroatoms. The Balaban J connectivity index is 2.47. The molecule has 52 valence electrons. The van der Waals surface area contributed by atoms with E-state index in [2.05, 4.69) is 0 Å². The predicted octanol–water partition coefficient (Wildman–Crippen LogP) is 1.30. The molecule has 0 bridgehead atoms. The molecule has 1 rings (SSSR count). The Morgan fingerprint density at radius 3 is 3.00 bits per heavy atom. The summed E-state index contributed by atoms with van der Waals surface area (Å²) in [6, 6.07) is 0. The minimum Gasteiger partial charge on any atom is -0.259 e. The van der Waals surface area contributed by atoms with Crippen molar-refractivity contribution in [2.45, 2.75) is 6.42 Å². The van der Waals surface area contributed by atoms with Crippen molar-refractivity contribution in [1.82, 2.24) is 0 Å². The van der Waals surface area contributed by atoms with Crippen LogP contribution >= 0.6 is 11.6 Å². The molecule has 0 radical (unpaired) electrons. The molecule has 0 saturated carbocycles. The number of alkyl halides is 1. The summed E-state index contributed by atoms with van der Waals surface area (Å²) in [5, 5.41) is 0. The van der Waals surface area contributed by atoms with Crippen molar-refractivity contribution >= 4 is 22.4 Å². The fourth-order valence-corrected chi connectivity index (χ4v) is 2.39. The monoisotopic (exact) mass is 164 g/mol. The summed E-state index contributed by atoms with van der Waals surface area (Å²) in [5.41, 5.74) is 1.27. The van der Waals surface area contributed by atoms with E-state index in [1.807, 2.05) is 6.08 Å². The second-order valence-electron chi connectivity index (χ2n) is 2.05. The minimum absolute atomic E-state index is 0.562. The lowest BCUT2D eigenvalue weighted by Crippen LogP contribution is -1.87. The van der Waals surface area contributed by atoms with E-state index < -0.39 is 10.8 Å². The van der Waals surface area contributed by atoms with Crippen LogP contribution in [0.3, 0.4) is 0 Å². The maximum Gasteiger partial charge on any atom is 0.0445 e. The van der Waals surface area contributed by atoms with Crippen molar-refractivity contribution in [2.75, 3.05) is 17.4 Å². The molecule has 0 aromatic rings. The van der Waals surface area contributed by atoms with Gasteiger partial charge in [0.15, 0.2) is 0 Å². The van der Waals surface area contributed by atoms with Gasteiger partial charge >= 0.3 is 0 Å². The highest BCUT2D eigenvalue weighted by molar-refractivity contribution is 7.85. The average Bonchev–Trinajstić information content (AvgIpc) is 2.17. The van der Waals surface area contributed by atoms with E-state index in [-0.39, 0.29) is 0 Å². The molecule has 1 nitrogen and oxygen atoms in total. The first-order chi connectivity index (χ1) is 4.33. The number of allylic oxidation sites excluding steroid dienone is 1. The molecular weight excluding hydrogens is 156 g/mol. The Morgan fingerprint density at radius 1 is 1.78 bits per heavy atom. The zero-order chi connectivity index (χ0) is 6.69. The van der Waals surface area contributed by atoms with Crippen LogP contribution in [0.25, 0.3) is 0 Å². The standard InChI is InChI=1S/C6H9ClOS/c7-3-1-6-2-4-9(8)5-6/h1H,2-5H2/b6-1-. The fraction of sp³-hybridized carbons (Fsp3) is 0.667. The van der Waals surface area contributed by atoms with Crippen molar-refractivity contribution in [3.8, 4) is 0 Å². The van der Waals surface area contributed by atoms with Gasteiger partial charge in [-0.05, 0) is 6.42 Å². The second kappa shape index (κ2) is 3.37. The van der Waals surface area contributed by atoms with Gasteiger partial charge in [0.05, 0.1) is 0 Å². The summed E-state index contributed by atoms with van der Waals surface area (Å²) < 4.78 is 10.8. The van der Waals surface area contributed by atoms with Gasteiger partial charge in [-0.2, -0.15) is 0 Å². The van der Waals surface area contributed by atoms with Crippen LogP contribution in [0.1, 0.15) is 6.42 Å². The SMILES string of the molecule is O=S1CC/C(=C/CCl)C1. The summed E-state index contributed by atoms with van der Waals surface area (Å²) in [4.78, 5) is 0. The second-order valence-corrected chi connectivity index (χ2v) is 3.94. The van der Waals surface area contributed by atoms with Gasteiger partial charge in [0, 0.05) is 28.2 Å². The normalized spacial score (nSPS) is 31.7. The van der Waals surface area contributed by atoms with Gasteiger partial charge in [0.2, 0.25) is 0 Å². The molecule has 1 aliphatic rings. The zero-order valence-corrected chi connectivity index (χ0v) is 6.67. The van der Waals surface area contributed by atoms with Crippen LogP contribution in [-0.4, -0.2) is 21.6 Å². The number of halogens is 1. The minimum atomic E-state index is -0.581. The first-order valence-electron chi connectivity index (χ1n) is 2.92. The number of hydrogen-bond donors (Lipinski definition) is 0. The molecule has 1 fully saturated rings. The third kappa shape index (κ3) is 2.11. The topological polar surface area (TPSA) is 17.1 Å². The zero-order valence-electron chi connectivity index (χ0n) is 5.10. The predicted molar refractivity (Wildman–Crippen MR) is 41.3 cm³/mol. The van der Waals surface area contributed by atoms with Gasteiger partial charge in [-0.25, -0.2) is 0 Å². The molecule has 0 spiro atoms. The van der Waals surface area contributed by atoms with Crippen LogP contribution in [0.15, 0.2) is 11.6 Å². The molecule has 0 aliphatic carbocycles. The van der Waals surface area contributed by atoms with Crippen LogP contribution in [0.2, 0.25) is 0 Å². The highest BCUT2D eigenvalue weighted by Gasteiger charge is 2.12. The van der Waals surface area contributed by atoms with Crippen LogP contribution in [0.4, 0.5) is 0 Å². The summed E-state index contributed by atoms with van der Waals surface area (Å²) in [5.74, 6) is 2.15. The van der Waals surface area contributed by atoms with Crippen LogP contribution in [0, 0.1) is 0 Å². The molecule has 0 amide bonds.